The number of hydrogen-bond donors (Lipinski definition) is 2. The number of aliphatic hydroxyl groups excluding tert-OH is 1. The summed E-state index contributed by atoms with van der Waals surface area (Å²) in [7, 11) is 0. The van der Waals surface area contributed by atoms with Gasteiger partial charge in [0.15, 0.2) is 0 Å². The number of nitrogens with one attached hydrogen (secondary N) is 1. The topological polar surface area (TPSA) is 32.3 Å². The van der Waals surface area contributed by atoms with Crippen molar-refractivity contribution in [2.45, 2.75) is 27.0 Å². The van der Waals surface area contributed by atoms with E-state index in [1.165, 1.54) is 16.7 Å². The van der Waals surface area contributed by atoms with E-state index >= 15 is 0 Å². The predicted octanol–water partition coefficient (Wildman–Crippen LogP) is 3.41. The van der Waals surface area contributed by atoms with Gasteiger partial charge in [-0.1, -0.05) is 30.3 Å². The minimum absolute atomic E-state index is 0.102. The van der Waals surface area contributed by atoms with Crippen LogP contribution < -0.4 is 5.32 Å². The maximum Gasteiger partial charge on any atom is 0.0681 e. The van der Waals surface area contributed by atoms with Crippen LogP contribution in [0.1, 0.15) is 22.3 Å². The molecule has 0 unspecified atom stereocenters. The maximum absolute atomic E-state index is 8.98. The normalized spacial score (nSPS) is 10.4. The summed E-state index contributed by atoms with van der Waals surface area (Å²) in [4.78, 5) is 0. The lowest BCUT2D eigenvalue weighted by Gasteiger charge is -2.09. The molecule has 2 nitrogen and oxygen atoms in total. The predicted molar refractivity (Wildman–Crippen MR) is 75.6 cm³/mol. The molecule has 2 aromatic rings. The molecule has 0 saturated carbocycles. The highest BCUT2D eigenvalue weighted by Gasteiger charge is 1.97. The first kappa shape index (κ1) is 12.7. The van der Waals surface area contributed by atoms with E-state index < -0.39 is 0 Å². The van der Waals surface area contributed by atoms with Crippen molar-refractivity contribution in [1.82, 2.24) is 0 Å². The van der Waals surface area contributed by atoms with Crippen LogP contribution in [0.4, 0.5) is 5.69 Å². The van der Waals surface area contributed by atoms with Crippen LogP contribution in [0.2, 0.25) is 0 Å². The van der Waals surface area contributed by atoms with Gasteiger partial charge in [-0.3, -0.25) is 0 Å². The molecule has 2 aromatic carbocycles. The molecule has 0 bridgehead atoms. The zero-order valence-electron chi connectivity index (χ0n) is 10.9. The first-order valence-corrected chi connectivity index (χ1v) is 6.18. The zero-order chi connectivity index (χ0) is 13.0. The van der Waals surface area contributed by atoms with E-state index in [1.807, 2.05) is 24.3 Å². The third kappa shape index (κ3) is 3.34. The van der Waals surface area contributed by atoms with Crippen LogP contribution in [0, 0.1) is 13.8 Å². The molecule has 0 radical (unpaired) electrons. The van der Waals surface area contributed by atoms with Crippen molar-refractivity contribution in [1.29, 1.82) is 0 Å². The molecule has 0 heterocycles. The summed E-state index contributed by atoms with van der Waals surface area (Å²) in [6.07, 6.45) is 0. The summed E-state index contributed by atoms with van der Waals surface area (Å²) in [5.41, 5.74) is 5.86. The van der Waals surface area contributed by atoms with Crippen LogP contribution >= 0.6 is 0 Å². The molecule has 0 spiro atoms. The minimum Gasteiger partial charge on any atom is -0.392 e. The second kappa shape index (κ2) is 5.69. The fraction of sp³-hybridized carbons (Fsp3) is 0.250. The SMILES string of the molecule is Cc1cc(C)cc(NCc2ccc(CO)cc2)c1. The highest BCUT2D eigenvalue weighted by atomic mass is 16.3. The van der Waals surface area contributed by atoms with Gasteiger partial charge in [0, 0.05) is 12.2 Å². The Morgan fingerprint density at radius 2 is 1.44 bits per heavy atom. The summed E-state index contributed by atoms with van der Waals surface area (Å²) in [5, 5.41) is 12.4. The Morgan fingerprint density at radius 1 is 0.889 bits per heavy atom. The lowest BCUT2D eigenvalue weighted by atomic mass is 10.1. The van der Waals surface area contributed by atoms with Crippen molar-refractivity contribution in [3.63, 3.8) is 0 Å². The minimum atomic E-state index is 0.102. The first-order chi connectivity index (χ1) is 8.67. The molecule has 0 aliphatic heterocycles. The number of rotatable bonds is 4. The number of benzene rings is 2. The molecule has 0 aromatic heterocycles. The van der Waals surface area contributed by atoms with Gasteiger partial charge in [-0.05, 0) is 48.2 Å². The van der Waals surface area contributed by atoms with Crippen molar-refractivity contribution in [3.05, 3.63) is 64.7 Å². The van der Waals surface area contributed by atoms with Crippen LogP contribution in [0.25, 0.3) is 0 Å². The molecule has 2 rings (SSSR count). The number of aliphatic hydroxyl groups is 1. The molecular weight excluding hydrogens is 222 g/mol. The zero-order valence-corrected chi connectivity index (χ0v) is 10.9. The van der Waals surface area contributed by atoms with E-state index in [0.717, 1.165) is 17.8 Å². The first-order valence-electron chi connectivity index (χ1n) is 6.18. The quantitative estimate of drug-likeness (QED) is 0.859. The van der Waals surface area contributed by atoms with E-state index in [2.05, 4.69) is 37.4 Å². The van der Waals surface area contributed by atoms with Gasteiger partial charge in [0.1, 0.15) is 0 Å². The second-order valence-corrected chi connectivity index (χ2v) is 4.70. The fourth-order valence-corrected chi connectivity index (χ4v) is 2.04. The second-order valence-electron chi connectivity index (χ2n) is 4.70. The Kier molecular flexibility index (Phi) is 4.00. The van der Waals surface area contributed by atoms with Crippen LogP contribution in [-0.2, 0) is 13.2 Å². The van der Waals surface area contributed by atoms with Crippen molar-refractivity contribution in [2.75, 3.05) is 5.32 Å². The smallest absolute Gasteiger partial charge is 0.0681 e. The Morgan fingerprint density at radius 3 is 2.00 bits per heavy atom. The van der Waals surface area contributed by atoms with Gasteiger partial charge in [-0.25, -0.2) is 0 Å². The van der Waals surface area contributed by atoms with Crippen molar-refractivity contribution in [3.8, 4) is 0 Å². The van der Waals surface area contributed by atoms with Crippen LogP contribution in [0.5, 0.6) is 0 Å². The summed E-state index contributed by atoms with van der Waals surface area (Å²) in [6, 6.07) is 14.5. The van der Waals surface area contributed by atoms with Crippen molar-refractivity contribution in [2.24, 2.45) is 0 Å². The lowest BCUT2D eigenvalue weighted by molar-refractivity contribution is 0.282. The third-order valence-corrected chi connectivity index (χ3v) is 2.92. The van der Waals surface area contributed by atoms with E-state index in [1.54, 1.807) is 0 Å². The largest absolute Gasteiger partial charge is 0.392 e. The fourth-order valence-electron chi connectivity index (χ4n) is 2.04. The Balaban J connectivity index is 2.01. The summed E-state index contributed by atoms with van der Waals surface area (Å²) in [5.74, 6) is 0. The van der Waals surface area contributed by atoms with Gasteiger partial charge in [-0.15, -0.1) is 0 Å². The lowest BCUT2D eigenvalue weighted by Crippen LogP contribution is -2.00. The van der Waals surface area contributed by atoms with Gasteiger partial charge in [0.05, 0.1) is 6.61 Å². The molecule has 0 aliphatic rings. The third-order valence-electron chi connectivity index (χ3n) is 2.92. The molecule has 0 saturated heterocycles. The van der Waals surface area contributed by atoms with Gasteiger partial charge in [0.25, 0.3) is 0 Å². The molecule has 0 atom stereocenters. The molecule has 0 amide bonds. The van der Waals surface area contributed by atoms with Crippen molar-refractivity contribution >= 4 is 5.69 Å². The summed E-state index contributed by atoms with van der Waals surface area (Å²) >= 11 is 0. The standard InChI is InChI=1S/C16H19NO/c1-12-7-13(2)9-16(8-12)17-10-14-3-5-15(11-18)6-4-14/h3-9,17-18H,10-11H2,1-2H3. The Labute approximate surface area is 108 Å². The van der Waals surface area contributed by atoms with Gasteiger partial charge in [0.2, 0.25) is 0 Å². The van der Waals surface area contributed by atoms with E-state index in [4.69, 9.17) is 5.11 Å². The molecule has 94 valence electrons. The van der Waals surface area contributed by atoms with E-state index in [9.17, 15) is 0 Å². The Hall–Kier alpha value is -1.80. The summed E-state index contributed by atoms with van der Waals surface area (Å²) < 4.78 is 0. The molecule has 2 N–H and O–H groups in total. The number of anilines is 1. The van der Waals surface area contributed by atoms with Gasteiger partial charge < -0.3 is 10.4 Å². The van der Waals surface area contributed by atoms with E-state index in [-0.39, 0.29) is 6.61 Å². The molecule has 18 heavy (non-hydrogen) atoms. The maximum atomic E-state index is 8.98. The number of aryl methyl sites for hydroxylation is 2. The average Bonchev–Trinajstić information content (AvgIpc) is 2.36. The molecule has 0 fully saturated rings. The highest BCUT2D eigenvalue weighted by molar-refractivity contribution is 5.48. The van der Waals surface area contributed by atoms with Crippen molar-refractivity contribution < 1.29 is 5.11 Å². The van der Waals surface area contributed by atoms with Crippen LogP contribution in [0.3, 0.4) is 0 Å². The van der Waals surface area contributed by atoms with Crippen LogP contribution in [0.15, 0.2) is 42.5 Å². The number of hydrogen-bond acceptors (Lipinski definition) is 2. The Bertz CT molecular complexity index is 497. The van der Waals surface area contributed by atoms with E-state index in [0.29, 0.717) is 0 Å². The summed E-state index contributed by atoms with van der Waals surface area (Å²) in [6.45, 7) is 5.11. The highest BCUT2D eigenvalue weighted by Crippen LogP contribution is 2.15. The average molecular weight is 241 g/mol. The monoisotopic (exact) mass is 241 g/mol. The molecule has 2 heteroatoms. The molecular formula is C16H19NO. The molecule has 0 aliphatic carbocycles. The van der Waals surface area contributed by atoms with Crippen LogP contribution in [-0.4, -0.2) is 5.11 Å². The van der Waals surface area contributed by atoms with Gasteiger partial charge >= 0.3 is 0 Å². The van der Waals surface area contributed by atoms with Gasteiger partial charge in [-0.2, -0.15) is 0 Å².